The quantitative estimate of drug-likeness (QED) is 0.905. The van der Waals surface area contributed by atoms with Gasteiger partial charge in [-0.15, -0.1) is 0 Å². The highest BCUT2D eigenvalue weighted by atomic mass is 79.9. The van der Waals surface area contributed by atoms with Crippen molar-refractivity contribution in [3.63, 3.8) is 0 Å². The van der Waals surface area contributed by atoms with Gasteiger partial charge in [0.15, 0.2) is 0 Å². The summed E-state index contributed by atoms with van der Waals surface area (Å²) < 4.78 is 6.54. The Bertz CT molecular complexity index is 366. The van der Waals surface area contributed by atoms with Gasteiger partial charge in [0, 0.05) is 27.8 Å². The maximum Gasteiger partial charge on any atom is 0.0614 e. The van der Waals surface area contributed by atoms with E-state index in [1.165, 1.54) is 0 Å². The maximum atomic E-state index is 5.89. The van der Waals surface area contributed by atoms with Crippen LogP contribution in [-0.2, 0) is 4.74 Å². The second-order valence-electron chi connectivity index (χ2n) is 4.01. The van der Waals surface area contributed by atoms with Crippen molar-refractivity contribution in [2.45, 2.75) is 31.9 Å². The van der Waals surface area contributed by atoms with Crippen molar-refractivity contribution in [3.8, 4) is 0 Å². The van der Waals surface area contributed by atoms with Gasteiger partial charge in [0.2, 0.25) is 0 Å². The molecule has 0 aromatic heterocycles. The highest BCUT2D eigenvalue weighted by molar-refractivity contribution is 9.10. The lowest BCUT2D eigenvalue weighted by molar-refractivity contribution is 0.00298. The smallest absolute Gasteiger partial charge is 0.0614 e. The molecule has 1 aromatic carbocycles. The van der Waals surface area contributed by atoms with Crippen molar-refractivity contribution in [3.05, 3.63) is 27.7 Å². The van der Waals surface area contributed by atoms with E-state index in [-0.39, 0.29) is 0 Å². The van der Waals surface area contributed by atoms with Crippen LogP contribution in [0.4, 0.5) is 5.69 Å². The molecule has 0 heterocycles. The summed E-state index contributed by atoms with van der Waals surface area (Å²) in [6.07, 6.45) is 2.61. The summed E-state index contributed by atoms with van der Waals surface area (Å²) >= 11 is 9.38. The number of ether oxygens (including phenoxy) is 1. The zero-order valence-electron chi connectivity index (χ0n) is 9.17. The van der Waals surface area contributed by atoms with Crippen LogP contribution in [0.2, 0.25) is 5.02 Å². The lowest BCUT2D eigenvalue weighted by atomic mass is 9.89. The third-order valence-electron chi connectivity index (χ3n) is 2.79. The zero-order chi connectivity index (χ0) is 11.5. The molecular weight excluding hydrogens is 289 g/mol. The highest BCUT2D eigenvalue weighted by Gasteiger charge is 2.29. The molecule has 0 bridgehead atoms. The van der Waals surface area contributed by atoms with E-state index < -0.39 is 0 Å². The molecule has 4 heteroatoms. The molecule has 0 aliphatic heterocycles. The van der Waals surface area contributed by atoms with Crippen molar-refractivity contribution in [2.75, 3.05) is 11.9 Å². The molecule has 0 spiro atoms. The van der Waals surface area contributed by atoms with Crippen LogP contribution in [0.25, 0.3) is 0 Å². The van der Waals surface area contributed by atoms with E-state index >= 15 is 0 Å². The number of halogens is 2. The van der Waals surface area contributed by atoms with Crippen LogP contribution in [0.5, 0.6) is 0 Å². The monoisotopic (exact) mass is 303 g/mol. The van der Waals surface area contributed by atoms with Crippen LogP contribution in [0.1, 0.15) is 19.8 Å². The molecule has 2 nitrogen and oxygen atoms in total. The van der Waals surface area contributed by atoms with Crippen LogP contribution in [0.15, 0.2) is 22.7 Å². The van der Waals surface area contributed by atoms with E-state index in [0.29, 0.717) is 12.1 Å². The van der Waals surface area contributed by atoms with Gasteiger partial charge in [-0.05, 0) is 53.9 Å². The minimum atomic E-state index is 0.438. The van der Waals surface area contributed by atoms with E-state index in [4.69, 9.17) is 16.3 Å². The molecule has 0 radical (unpaired) electrons. The first-order valence-corrected chi connectivity index (χ1v) is 6.69. The average Bonchev–Trinajstić information content (AvgIpc) is 2.18. The number of benzene rings is 1. The minimum absolute atomic E-state index is 0.438. The van der Waals surface area contributed by atoms with E-state index in [9.17, 15) is 0 Å². The Labute approximate surface area is 109 Å². The summed E-state index contributed by atoms with van der Waals surface area (Å²) in [7, 11) is 0. The van der Waals surface area contributed by atoms with Crippen molar-refractivity contribution >= 4 is 33.2 Å². The molecule has 1 aliphatic rings. The summed E-state index contributed by atoms with van der Waals surface area (Å²) in [5, 5.41) is 4.23. The van der Waals surface area contributed by atoms with Gasteiger partial charge >= 0.3 is 0 Å². The van der Waals surface area contributed by atoms with Crippen molar-refractivity contribution < 1.29 is 4.74 Å². The SMILES string of the molecule is CCOC1CC(Nc2ccc(Cl)cc2Br)C1. The lowest BCUT2D eigenvalue weighted by Gasteiger charge is -2.36. The first-order chi connectivity index (χ1) is 7.69. The molecule has 0 atom stereocenters. The third kappa shape index (κ3) is 2.90. The lowest BCUT2D eigenvalue weighted by Crippen LogP contribution is -2.40. The molecule has 88 valence electrons. The van der Waals surface area contributed by atoms with Crippen LogP contribution in [0, 0.1) is 0 Å². The Kier molecular flexibility index (Phi) is 4.11. The molecule has 1 saturated carbocycles. The van der Waals surface area contributed by atoms with E-state index in [1.54, 1.807) is 0 Å². The molecule has 1 aromatic rings. The van der Waals surface area contributed by atoms with Crippen molar-refractivity contribution in [1.29, 1.82) is 0 Å². The van der Waals surface area contributed by atoms with Gasteiger partial charge in [0.05, 0.1) is 6.10 Å². The summed E-state index contributed by atoms with van der Waals surface area (Å²) in [5.74, 6) is 0. The van der Waals surface area contributed by atoms with Gasteiger partial charge < -0.3 is 10.1 Å². The normalized spacial score (nSPS) is 23.9. The van der Waals surface area contributed by atoms with Crippen LogP contribution >= 0.6 is 27.5 Å². The fourth-order valence-electron chi connectivity index (χ4n) is 1.88. The van der Waals surface area contributed by atoms with Gasteiger partial charge in [-0.1, -0.05) is 11.6 Å². The third-order valence-corrected chi connectivity index (χ3v) is 3.68. The van der Waals surface area contributed by atoms with Crippen LogP contribution in [-0.4, -0.2) is 18.8 Å². The summed E-state index contributed by atoms with van der Waals surface area (Å²) in [4.78, 5) is 0. The molecular formula is C12H15BrClNO. The molecule has 1 aliphatic carbocycles. The Morgan fingerprint density at radius 1 is 1.50 bits per heavy atom. The zero-order valence-corrected chi connectivity index (χ0v) is 11.5. The summed E-state index contributed by atoms with van der Waals surface area (Å²) in [5.41, 5.74) is 1.10. The number of anilines is 1. The largest absolute Gasteiger partial charge is 0.381 e. The molecule has 1 N–H and O–H groups in total. The van der Waals surface area contributed by atoms with E-state index in [0.717, 1.165) is 34.6 Å². The fraction of sp³-hybridized carbons (Fsp3) is 0.500. The first kappa shape index (κ1) is 12.2. The first-order valence-electron chi connectivity index (χ1n) is 5.52. The second-order valence-corrected chi connectivity index (χ2v) is 5.30. The van der Waals surface area contributed by atoms with E-state index in [1.807, 2.05) is 25.1 Å². The van der Waals surface area contributed by atoms with Crippen molar-refractivity contribution in [1.82, 2.24) is 0 Å². The van der Waals surface area contributed by atoms with Crippen molar-refractivity contribution in [2.24, 2.45) is 0 Å². The van der Waals surface area contributed by atoms with Gasteiger partial charge in [-0.2, -0.15) is 0 Å². The second kappa shape index (κ2) is 5.39. The van der Waals surface area contributed by atoms with Gasteiger partial charge in [0.1, 0.15) is 0 Å². The minimum Gasteiger partial charge on any atom is -0.381 e. The predicted octanol–water partition coefficient (Wildman–Crippen LogP) is 4.08. The standard InChI is InChI=1S/C12H15BrClNO/c1-2-16-10-6-9(7-10)15-12-4-3-8(14)5-11(12)13/h3-5,9-10,15H,2,6-7H2,1H3. The van der Waals surface area contributed by atoms with Gasteiger partial charge in [-0.25, -0.2) is 0 Å². The Hall–Kier alpha value is -0.250. The Balaban J connectivity index is 1.87. The summed E-state index contributed by atoms with van der Waals surface area (Å²) in [6.45, 7) is 2.85. The predicted molar refractivity (Wildman–Crippen MR) is 71.2 cm³/mol. The van der Waals surface area contributed by atoms with Crippen LogP contribution < -0.4 is 5.32 Å². The summed E-state index contributed by atoms with van der Waals surface area (Å²) in [6, 6.07) is 6.32. The van der Waals surface area contributed by atoms with E-state index in [2.05, 4.69) is 21.2 Å². The molecule has 2 rings (SSSR count). The Morgan fingerprint density at radius 2 is 2.25 bits per heavy atom. The number of hydrogen-bond acceptors (Lipinski definition) is 2. The Morgan fingerprint density at radius 3 is 2.88 bits per heavy atom. The fourth-order valence-corrected chi connectivity index (χ4v) is 2.68. The van der Waals surface area contributed by atoms with Gasteiger partial charge in [-0.3, -0.25) is 0 Å². The average molecular weight is 305 g/mol. The molecule has 16 heavy (non-hydrogen) atoms. The maximum absolute atomic E-state index is 5.89. The molecule has 0 saturated heterocycles. The van der Waals surface area contributed by atoms with Crippen LogP contribution in [0.3, 0.4) is 0 Å². The molecule has 0 amide bonds. The topological polar surface area (TPSA) is 21.3 Å². The van der Waals surface area contributed by atoms with Gasteiger partial charge in [0.25, 0.3) is 0 Å². The highest BCUT2D eigenvalue weighted by Crippen LogP contribution is 2.31. The molecule has 0 unspecified atom stereocenters. The number of nitrogens with one attached hydrogen (secondary N) is 1. The number of hydrogen-bond donors (Lipinski definition) is 1. The number of rotatable bonds is 4. The molecule has 1 fully saturated rings.